The lowest BCUT2D eigenvalue weighted by atomic mass is 10.0. The van der Waals surface area contributed by atoms with Crippen LogP contribution in [0, 0.1) is 26.2 Å². The molecule has 3 aromatic carbocycles. The summed E-state index contributed by atoms with van der Waals surface area (Å²) >= 11 is 1.48. The first-order valence-corrected chi connectivity index (χ1v) is 13.0. The van der Waals surface area contributed by atoms with E-state index in [1.54, 1.807) is 7.11 Å². The van der Waals surface area contributed by atoms with Crippen molar-refractivity contribution in [3.8, 4) is 18.1 Å². The second-order valence-corrected chi connectivity index (χ2v) is 9.94. The summed E-state index contributed by atoms with van der Waals surface area (Å²) in [6.45, 7) is 6.37. The van der Waals surface area contributed by atoms with Gasteiger partial charge in [-0.05, 0) is 68.1 Å². The molecule has 200 valence electrons. The van der Waals surface area contributed by atoms with Crippen LogP contribution in [0.3, 0.4) is 0 Å². The number of hydrogen-bond donors (Lipinski definition) is 0. The summed E-state index contributed by atoms with van der Waals surface area (Å²) in [4.78, 5) is 27.6. The molecule has 0 aliphatic rings. The van der Waals surface area contributed by atoms with Crippen molar-refractivity contribution in [3.63, 3.8) is 0 Å². The summed E-state index contributed by atoms with van der Waals surface area (Å²) in [5.74, 6) is 2.85. The van der Waals surface area contributed by atoms with Crippen LogP contribution in [0.5, 0.6) is 5.75 Å². The highest BCUT2D eigenvalue weighted by atomic mass is 32.2. The maximum atomic E-state index is 12.5. The normalized spacial score (nSPS) is 11.4. The monoisotopic (exact) mass is 534 g/mol. The van der Waals surface area contributed by atoms with Crippen molar-refractivity contribution in [2.45, 2.75) is 38.1 Å². The molecule has 7 nitrogen and oxygen atoms in total. The molecule has 0 radical (unpaired) electrons. The van der Waals surface area contributed by atoms with Crippen molar-refractivity contribution >= 4 is 46.0 Å². The van der Waals surface area contributed by atoms with Gasteiger partial charge in [-0.2, -0.15) is 0 Å². The van der Waals surface area contributed by atoms with Gasteiger partial charge in [-0.25, -0.2) is 0 Å². The fourth-order valence-electron chi connectivity index (χ4n) is 4.38. The number of carbonyl (C=O) groups excluding carboxylic acids is 2. The third-order valence-electron chi connectivity index (χ3n) is 6.31. The molecule has 0 unspecified atom stereocenters. The van der Waals surface area contributed by atoms with Gasteiger partial charge in [0.25, 0.3) is 0 Å². The Balaban J connectivity index is 2.13. The molecule has 38 heavy (non-hydrogen) atoms. The average molecular weight is 535 g/mol. The smallest absolute Gasteiger partial charge is 0.326 e. The van der Waals surface area contributed by atoms with E-state index in [0.29, 0.717) is 6.54 Å². The molecule has 0 bridgehead atoms. The molecule has 0 aromatic heterocycles. The van der Waals surface area contributed by atoms with E-state index in [-0.39, 0.29) is 30.9 Å². The van der Waals surface area contributed by atoms with Gasteiger partial charge in [-0.1, -0.05) is 30.2 Å². The number of hydrogen-bond acceptors (Lipinski definition) is 8. The number of aryl methyl sites for hydroxylation is 2. The van der Waals surface area contributed by atoms with Crippen LogP contribution >= 0.6 is 11.9 Å². The molecular formula is C30H34N2O5S. The van der Waals surface area contributed by atoms with E-state index in [1.807, 2.05) is 78.5 Å². The van der Waals surface area contributed by atoms with Crippen molar-refractivity contribution in [1.29, 1.82) is 0 Å². The minimum Gasteiger partial charge on any atom is -0.497 e. The van der Waals surface area contributed by atoms with Crippen molar-refractivity contribution < 1.29 is 23.8 Å². The van der Waals surface area contributed by atoms with E-state index in [4.69, 9.17) is 20.6 Å². The number of terminal acetylenes is 1. The molecular weight excluding hydrogens is 500 g/mol. The van der Waals surface area contributed by atoms with Gasteiger partial charge in [0.2, 0.25) is 0 Å². The lowest BCUT2D eigenvalue weighted by Crippen LogP contribution is -2.35. The first kappa shape index (κ1) is 28.7. The SMILES string of the molecule is C#CCN(c1ccc(N(CC(=O)OC)Sc2c(C)cc(OC)cc2C)c2ccccc12)[C@@H](C)CC(=O)OC. The van der Waals surface area contributed by atoms with Gasteiger partial charge in [0.1, 0.15) is 12.3 Å². The fraction of sp³-hybridized carbons (Fsp3) is 0.333. The summed E-state index contributed by atoms with van der Waals surface area (Å²) in [5, 5.41) is 1.90. The molecule has 3 rings (SSSR count). The number of anilines is 2. The van der Waals surface area contributed by atoms with Crippen molar-refractivity contribution in [3.05, 3.63) is 59.7 Å². The Bertz CT molecular complexity index is 1330. The molecule has 1 atom stereocenters. The van der Waals surface area contributed by atoms with E-state index in [9.17, 15) is 9.59 Å². The zero-order valence-corrected chi connectivity index (χ0v) is 23.6. The van der Waals surface area contributed by atoms with Crippen molar-refractivity contribution in [2.75, 3.05) is 43.6 Å². The van der Waals surface area contributed by atoms with E-state index < -0.39 is 0 Å². The standard InChI is InChI=1S/C30H34N2O5S/c1-8-15-31(22(4)18-28(33)36-6)26-13-14-27(25-12-10-9-11-24(25)26)32(19-29(34)37-7)38-30-20(2)16-23(35-5)17-21(30)3/h1,9-14,16-17,22H,15,18-19H2,2-7H3/t22-/m0/s1. The molecule has 0 saturated carbocycles. The number of carbonyl (C=O) groups is 2. The predicted octanol–water partition coefficient (Wildman–Crippen LogP) is 5.54. The highest BCUT2D eigenvalue weighted by molar-refractivity contribution is 8.00. The van der Waals surface area contributed by atoms with E-state index in [1.165, 1.54) is 26.2 Å². The summed E-state index contributed by atoms with van der Waals surface area (Å²) in [6, 6.07) is 15.7. The Morgan fingerprint density at radius 3 is 2.08 bits per heavy atom. The highest BCUT2D eigenvalue weighted by Crippen LogP contribution is 2.41. The van der Waals surface area contributed by atoms with Crippen molar-refractivity contribution in [2.24, 2.45) is 0 Å². The van der Waals surface area contributed by atoms with Crippen LogP contribution in [0.2, 0.25) is 0 Å². The fourth-order valence-corrected chi connectivity index (χ4v) is 5.43. The lowest BCUT2D eigenvalue weighted by Gasteiger charge is -2.32. The molecule has 0 amide bonds. The Morgan fingerprint density at radius 2 is 1.53 bits per heavy atom. The number of benzene rings is 3. The Labute approximate surface area is 229 Å². The molecule has 0 aliphatic carbocycles. The Kier molecular flexibility index (Phi) is 9.91. The minimum atomic E-state index is -0.352. The maximum Gasteiger partial charge on any atom is 0.326 e. The van der Waals surface area contributed by atoms with Gasteiger partial charge >= 0.3 is 11.9 Å². The first-order chi connectivity index (χ1) is 18.2. The number of ether oxygens (including phenoxy) is 3. The van der Waals surface area contributed by atoms with Crippen LogP contribution in [0.15, 0.2) is 53.4 Å². The number of methoxy groups -OCH3 is 3. The Morgan fingerprint density at radius 1 is 0.947 bits per heavy atom. The molecule has 0 spiro atoms. The topological polar surface area (TPSA) is 68.3 Å². The first-order valence-electron chi connectivity index (χ1n) is 12.2. The number of rotatable bonds is 11. The molecule has 0 aliphatic heterocycles. The Hall–Kier alpha value is -3.83. The third kappa shape index (κ3) is 6.53. The van der Waals surface area contributed by atoms with Gasteiger partial charge in [0.15, 0.2) is 0 Å². The van der Waals surface area contributed by atoms with E-state index in [0.717, 1.165) is 43.9 Å². The van der Waals surface area contributed by atoms with Crippen LogP contribution in [-0.2, 0) is 19.1 Å². The van der Waals surface area contributed by atoms with Crippen molar-refractivity contribution in [1.82, 2.24) is 0 Å². The second kappa shape index (κ2) is 13.1. The summed E-state index contributed by atoms with van der Waals surface area (Å²) in [7, 11) is 4.41. The van der Waals surface area contributed by atoms with Gasteiger partial charge in [-0.15, -0.1) is 6.42 Å². The molecule has 8 heteroatoms. The van der Waals surface area contributed by atoms with Crippen LogP contribution in [0.25, 0.3) is 10.8 Å². The number of fused-ring (bicyclic) bond motifs is 1. The van der Waals surface area contributed by atoms with Gasteiger partial charge in [0, 0.05) is 27.4 Å². The quantitative estimate of drug-likeness (QED) is 0.180. The summed E-state index contributed by atoms with van der Waals surface area (Å²) in [6.07, 6.45) is 5.92. The third-order valence-corrected chi connectivity index (χ3v) is 7.68. The minimum absolute atomic E-state index is 0.0439. The van der Waals surface area contributed by atoms with Crippen LogP contribution in [0.4, 0.5) is 11.4 Å². The largest absolute Gasteiger partial charge is 0.497 e. The predicted molar refractivity (Wildman–Crippen MR) is 154 cm³/mol. The van der Waals surface area contributed by atoms with Crippen LogP contribution in [0.1, 0.15) is 24.5 Å². The molecule has 0 saturated heterocycles. The molecule has 0 fully saturated rings. The van der Waals surface area contributed by atoms with Gasteiger partial charge < -0.3 is 23.4 Å². The molecule has 0 N–H and O–H groups in total. The van der Waals surface area contributed by atoms with Gasteiger partial charge in [0.05, 0.1) is 40.0 Å². The lowest BCUT2D eigenvalue weighted by molar-refractivity contribution is -0.141. The average Bonchev–Trinajstić information content (AvgIpc) is 2.92. The summed E-state index contributed by atoms with van der Waals surface area (Å²) < 4.78 is 17.3. The van der Waals surface area contributed by atoms with Gasteiger partial charge in [-0.3, -0.25) is 9.59 Å². The zero-order valence-electron chi connectivity index (χ0n) is 22.7. The molecule has 3 aromatic rings. The second-order valence-electron chi connectivity index (χ2n) is 8.91. The summed E-state index contributed by atoms with van der Waals surface area (Å²) in [5.41, 5.74) is 3.84. The van der Waals surface area contributed by atoms with Crippen LogP contribution < -0.4 is 13.9 Å². The maximum absolute atomic E-state index is 12.5. The highest BCUT2D eigenvalue weighted by Gasteiger charge is 2.23. The van der Waals surface area contributed by atoms with Crippen LogP contribution in [-0.4, -0.2) is 52.4 Å². The number of esters is 2. The zero-order chi connectivity index (χ0) is 27.8. The van der Waals surface area contributed by atoms with E-state index in [2.05, 4.69) is 5.92 Å². The molecule has 0 heterocycles. The number of nitrogens with zero attached hydrogens (tertiary/aromatic N) is 2. The van der Waals surface area contributed by atoms with E-state index >= 15 is 0 Å².